The fourth-order valence-electron chi connectivity index (χ4n) is 0.112. The van der Waals surface area contributed by atoms with Gasteiger partial charge in [-0.25, -0.2) is 0 Å². The van der Waals surface area contributed by atoms with Crippen LogP contribution in [0.2, 0.25) is 0 Å². The van der Waals surface area contributed by atoms with Crippen LogP contribution in [0.1, 0.15) is 0 Å². The molecular weight excluding hydrogens is 111 g/mol. The van der Waals surface area contributed by atoms with Crippen molar-refractivity contribution in [3.8, 4) is 0 Å². The first-order valence-electron chi connectivity index (χ1n) is 2.08. The lowest BCUT2D eigenvalue weighted by molar-refractivity contribution is 0.567. The third-order valence-electron chi connectivity index (χ3n) is 0.853. The summed E-state index contributed by atoms with van der Waals surface area (Å²) >= 11 is 0. The highest BCUT2D eigenvalue weighted by molar-refractivity contribution is 7.58. The molecule has 4 heteroatoms. The van der Waals surface area contributed by atoms with Crippen molar-refractivity contribution >= 4 is 7.44 Å². The molecular formula is C3H11N2OP. The molecule has 0 rings (SSSR count). The topological polar surface area (TPSA) is 41.1 Å². The fourth-order valence-corrected chi connectivity index (χ4v) is 0.335. The van der Waals surface area contributed by atoms with Crippen molar-refractivity contribution < 1.29 is 4.57 Å². The van der Waals surface area contributed by atoms with E-state index >= 15 is 0 Å². The Morgan fingerprint density at radius 3 is 1.57 bits per heavy atom. The molecule has 0 aliphatic rings. The third-order valence-corrected chi connectivity index (χ3v) is 2.56. The molecule has 0 amide bonds. The maximum Gasteiger partial charge on any atom is 0.207 e. The Morgan fingerprint density at radius 2 is 1.57 bits per heavy atom. The molecule has 0 aliphatic heterocycles. The van der Waals surface area contributed by atoms with Crippen LogP contribution in [0.4, 0.5) is 0 Å². The van der Waals surface area contributed by atoms with Crippen LogP contribution >= 0.6 is 7.44 Å². The smallest absolute Gasteiger partial charge is 0.207 e. The van der Waals surface area contributed by atoms with Gasteiger partial charge in [-0.2, -0.15) is 0 Å². The summed E-state index contributed by atoms with van der Waals surface area (Å²) in [4.78, 5) is 0. The molecule has 0 aromatic carbocycles. The second kappa shape index (κ2) is 2.46. The van der Waals surface area contributed by atoms with Crippen molar-refractivity contribution in [3.05, 3.63) is 0 Å². The average molecular weight is 122 g/mol. The zero-order valence-electron chi connectivity index (χ0n) is 4.86. The summed E-state index contributed by atoms with van der Waals surface area (Å²) in [5, 5.41) is 5.27. The predicted octanol–water partition coefficient (Wildman–Crippen LogP) is 0.248. The predicted molar refractivity (Wildman–Crippen MR) is 31.6 cm³/mol. The van der Waals surface area contributed by atoms with E-state index in [9.17, 15) is 4.57 Å². The van der Waals surface area contributed by atoms with Crippen LogP contribution in [-0.2, 0) is 4.57 Å². The molecule has 0 radical (unpaired) electrons. The van der Waals surface area contributed by atoms with Gasteiger partial charge in [0, 0.05) is 6.66 Å². The molecule has 44 valence electrons. The Bertz CT molecular complexity index is 84.9. The molecule has 0 saturated heterocycles. The van der Waals surface area contributed by atoms with Crippen molar-refractivity contribution in [1.29, 1.82) is 0 Å². The minimum Gasteiger partial charge on any atom is -0.290 e. The number of hydrogen-bond donors (Lipinski definition) is 2. The van der Waals surface area contributed by atoms with Gasteiger partial charge in [0.1, 0.15) is 0 Å². The van der Waals surface area contributed by atoms with E-state index in [0.717, 1.165) is 0 Å². The maximum atomic E-state index is 10.7. The van der Waals surface area contributed by atoms with E-state index in [1.54, 1.807) is 20.8 Å². The summed E-state index contributed by atoms with van der Waals surface area (Å²) in [5.74, 6) is 0. The molecule has 3 nitrogen and oxygen atoms in total. The van der Waals surface area contributed by atoms with Crippen LogP contribution in [0.15, 0.2) is 0 Å². The van der Waals surface area contributed by atoms with Crippen molar-refractivity contribution in [2.45, 2.75) is 0 Å². The molecule has 0 fully saturated rings. The van der Waals surface area contributed by atoms with Crippen molar-refractivity contribution in [2.24, 2.45) is 0 Å². The van der Waals surface area contributed by atoms with Gasteiger partial charge >= 0.3 is 0 Å². The van der Waals surface area contributed by atoms with Gasteiger partial charge < -0.3 is 0 Å². The highest BCUT2D eigenvalue weighted by Crippen LogP contribution is 2.26. The first-order chi connectivity index (χ1) is 3.12. The lowest BCUT2D eigenvalue weighted by Gasteiger charge is -2.07. The molecule has 0 saturated carbocycles. The van der Waals surface area contributed by atoms with E-state index in [1.807, 2.05) is 0 Å². The number of rotatable bonds is 2. The van der Waals surface area contributed by atoms with Crippen molar-refractivity contribution in [3.63, 3.8) is 0 Å². The van der Waals surface area contributed by atoms with Crippen LogP contribution in [0.25, 0.3) is 0 Å². The Kier molecular flexibility index (Phi) is 2.51. The summed E-state index contributed by atoms with van der Waals surface area (Å²) in [6.45, 7) is 1.63. The molecule has 0 bridgehead atoms. The molecule has 7 heavy (non-hydrogen) atoms. The van der Waals surface area contributed by atoms with Gasteiger partial charge in [-0.15, -0.1) is 0 Å². The van der Waals surface area contributed by atoms with Crippen LogP contribution in [0.3, 0.4) is 0 Å². The average Bonchev–Trinajstić information content (AvgIpc) is 1.68. The van der Waals surface area contributed by atoms with Gasteiger partial charge in [-0.05, 0) is 14.1 Å². The van der Waals surface area contributed by atoms with E-state index in [2.05, 4.69) is 10.2 Å². The normalized spacial score (nSPS) is 11.9. The van der Waals surface area contributed by atoms with E-state index < -0.39 is 7.44 Å². The number of nitrogens with one attached hydrogen (secondary N) is 2. The highest BCUT2D eigenvalue weighted by Gasteiger charge is 2.03. The summed E-state index contributed by atoms with van der Waals surface area (Å²) in [6, 6.07) is 0. The lowest BCUT2D eigenvalue weighted by atomic mass is 11.6. The SMILES string of the molecule is CNP(C)(=O)NC. The Balaban J connectivity index is 3.61. The molecule has 0 spiro atoms. The fraction of sp³-hybridized carbons (Fsp3) is 1.00. The second-order valence-electron chi connectivity index (χ2n) is 1.37. The first-order valence-corrected chi connectivity index (χ1v) is 4.23. The standard InChI is InChI=1S/C3H11N2OP/c1-4-7(3,6)5-2/h1-3H3,(H2,4,5,6). The minimum absolute atomic E-state index is 1.63. The van der Waals surface area contributed by atoms with E-state index in [1.165, 1.54) is 0 Å². The van der Waals surface area contributed by atoms with Crippen LogP contribution < -0.4 is 10.2 Å². The van der Waals surface area contributed by atoms with Gasteiger partial charge in [0.05, 0.1) is 0 Å². The highest BCUT2D eigenvalue weighted by atomic mass is 31.2. The van der Waals surface area contributed by atoms with Gasteiger partial charge in [-0.1, -0.05) is 0 Å². The Hall–Kier alpha value is 0.150. The van der Waals surface area contributed by atoms with E-state index in [4.69, 9.17) is 0 Å². The first kappa shape index (κ1) is 7.15. The number of hydrogen-bond acceptors (Lipinski definition) is 1. The molecule has 0 aliphatic carbocycles. The monoisotopic (exact) mass is 122 g/mol. The van der Waals surface area contributed by atoms with Crippen molar-refractivity contribution in [2.75, 3.05) is 20.8 Å². The summed E-state index contributed by atoms with van der Waals surface area (Å²) in [6.07, 6.45) is 0. The van der Waals surface area contributed by atoms with E-state index in [-0.39, 0.29) is 0 Å². The summed E-state index contributed by atoms with van der Waals surface area (Å²) in [7, 11) is 1.17. The summed E-state index contributed by atoms with van der Waals surface area (Å²) in [5.41, 5.74) is 0. The molecule has 0 aromatic heterocycles. The maximum absolute atomic E-state index is 10.7. The molecule has 0 unspecified atom stereocenters. The minimum atomic E-state index is -2.15. The van der Waals surface area contributed by atoms with Crippen LogP contribution in [0, 0.1) is 0 Å². The molecule has 0 heterocycles. The van der Waals surface area contributed by atoms with E-state index in [0.29, 0.717) is 0 Å². The lowest BCUT2D eigenvalue weighted by Crippen LogP contribution is -2.13. The van der Waals surface area contributed by atoms with Gasteiger partial charge in [0.2, 0.25) is 7.44 Å². The zero-order chi connectivity index (χ0) is 5.91. The Morgan fingerprint density at radius 1 is 1.29 bits per heavy atom. The molecule has 0 atom stereocenters. The van der Waals surface area contributed by atoms with Gasteiger partial charge in [0.25, 0.3) is 0 Å². The largest absolute Gasteiger partial charge is 0.290 e. The zero-order valence-corrected chi connectivity index (χ0v) is 5.75. The van der Waals surface area contributed by atoms with Crippen LogP contribution in [-0.4, -0.2) is 20.8 Å². The quantitative estimate of drug-likeness (QED) is 0.516. The van der Waals surface area contributed by atoms with Crippen LogP contribution in [0.5, 0.6) is 0 Å². The Labute approximate surface area is 44.0 Å². The van der Waals surface area contributed by atoms with Gasteiger partial charge in [-0.3, -0.25) is 14.7 Å². The molecule has 2 N–H and O–H groups in total. The van der Waals surface area contributed by atoms with Crippen molar-refractivity contribution in [1.82, 2.24) is 10.2 Å². The second-order valence-corrected chi connectivity index (χ2v) is 4.11. The van der Waals surface area contributed by atoms with Gasteiger partial charge in [0.15, 0.2) is 0 Å². The molecule has 0 aromatic rings. The third kappa shape index (κ3) is 2.80. The summed E-state index contributed by atoms with van der Waals surface area (Å²) < 4.78 is 10.7.